The summed E-state index contributed by atoms with van der Waals surface area (Å²) in [5, 5.41) is 0. The fraction of sp³-hybridized carbons (Fsp3) is 0.579. The van der Waals surface area contributed by atoms with Crippen molar-refractivity contribution in [2.24, 2.45) is 0 Å². The van der Waals surface area contributed by atoms with E-state index in [-0.39, 0.29) is 12.1 Å². The van der Waals surface area contributed by atoms with Gasteiger partial charge in [-0.1, -0.05) is 12.1 Å². The zero-order chi connectivity index (χ0) is 18.5. The summed E-state index contributed by atoms with van der Waals surface area (Å²) >= 11 is 0. The largest absolute Gasteiger partial charge is 0.450 e. The van der Waals surface area contributed by atoms with Gasteiger partial charge in [0.1, 0.15) is 0 Å². The molecule has 3 rings (SSSR count). The summed E-state index contributed by atoms with van der Waals surface area (Å²) in [4.78, 5) is 32.3. The average molecular weight is 360 g/mol. The summed E-state index contributed by atoms with van der Waals surface area (Å²) in [5.41, 5.74) is 2.47. The maximum atomic E-state index is 12.8. The zero-order valence-corrected chi connectivity index (χ0v) is 15.7. The summed E-state index contributed by atoms with van der Waals surface area (Å²) in [6, 6.07) is 8.56. The van der Waals surface area contributed by atoms with E-state index in [4.69, 9.17) is 4.74 Å². The number of rotatable bonds is 2. The summed E-state index contributed by atoms with van der Waals surface area (Å²) in [6.07, 6.45) is -0.286. The van der Waals surface area contributed by atoms with Crippen LogP contribution in [0.2, 0.25) is 0 Å². The van der Waals surface area contributed by atoms with Gasteiger partial charge in [-0.05, 0) is 31.5 Å². The van der Waals surface area contributed by atoms with E-state index in [2.05, 4.69) is 36.1 Å². The van der Waals surface area contributed by atoms with Crippen molar-refractivity contribution in [1.29, 1.82) is 0 Å². The highest BCUT2D eigenvalue weighted by Gasteiger charge is 2.29. The Morgan fingerprint density at radius 3 is 2.08 bits per heavy atom. The summed E-state index contributed by atoms with van der Waals surface area (Å²) in [5.74, 6) is 0. The average Bonchev–Trinajstić information content (AvgIpc) is 2.68. The molecule has 0 N–H and O–H groups in total. The number of aryl methyl sites for hydroxylation is 1. The van der Waals surface area contributed by atoms with Crippen molar-refractivity contribution in [2.45, 2.75) is 13.8 Å². The minimum Gasteiger partial charge on any atom is -0.450 e. The molecule has 2 aliphatic rings. The molecule has 2 aliphatic heterocycles. The SMILES string of the molecule is CCOC(=O)N1CCN(C(=O)N2CCN(c3cccc(C)c3)CC2)CC1. The quantitative estimate of drug-likeness (QED) is 0.810. The Labute approximate surface area is 155 Å². The summed E-state index contributed by atoms with van der Waals surface area (Å²) in [7, 11) is 0. The number of anilines is 1. The Bertz CT molecular complexity index is 635. The number of benzene rings is 1. The van der Waals surface area contributed by atoms with Gasteiger partial charge >= 0.3 is 12.1 Å². The van der Waals surface area contributed by atoms with E-state index in [1.165, 1.54) is 11.3 Å². The number of amides is 3. The summed E-state index contributed by atoms with van der Waals surface area (Å²) < 4.78 is 5.02. The Hall–Kier alpha value is -2.44. The maximum absolute atomic E-state index is 12.8. The Balaban J connectivity index is 1.48. The van der Waals surface area contributed by atoms with E-state index < -0.39 is 0 Å². The molecule has 0 aliphatic carbocycles. The van der Waals surface area contributed by atoms with Crippen molar-refractivity contribution in [3.8, 4) is 0 Å². The number of urea groups is 1. The van der Waals surface area contributed by atoms with Gasteiger partial charge in [0.05, 0.1) is 6.61 Å². The number of carbonyl (C=O) groups excluding carboxylic acids is 2. The number of piperazine rings is 2. The van der Waals surface area contributed by atoms with Crippen molar-refractivity contribution >= 4 is 17.8 Å². The lowest BCUT2D eigenvalue weighted by Crippen LogP contribution is -2.57. The second-order valence-electron chi connectivity index (χ2n) is 6.77. The second-order valence-corrected chi connectivity index (χ2v) is 6.77. The van der Waals surface area contributed by atoms with Gasteiger partial charge in [-0.15, -0.1) is 0 Å². The molecule has 2 saturated heterocycles. The monoisotopic (exact) mass is 360 g/mol. The molecule has 0 atom stereocenters. The first kappa shape index (κ1) is 18.4. The van der Waals surface area contributed by atoms with E-state index in [0.717, 1.165) is 26.2 Å². The Morgan fingerprint density at radius 2 is 1.50 bits per heavy atom. The number of ether oxygens (including phenoxy) is 1. The standard InChI is InChI=1S/C19H28N4O3/c1-3-26-19(25)23-13-11-22(12-14-23)18(24)21-9-7-20(8-10-21)17-6-4-5-16(2)15-17/h4-6,15H,3,7-14H2,1-2H3. The van der Waals surface area contributed by atoms with Gasteiger partial charge < -0.3 is 24.3 Å². The lowest BCUT2D eigenvalue weighted by atomic mass is 10.2. The van der Waals surface area contributed by atoms with Crippen molar-refractivity contribution in [3.63, 3.8) is 0 Å². The molecule has 7 heteroatoms. The maximum Gasteiger partial charge on any atom is 0.409 e. The third-order valence-electron chi connectivity index (χ3n) is 4.99. The third-order valence-corrected chi connectivity index (χ3v) is 4.99. The van der Waals surface area contributed by atoms with Crippen molar-refractivity contribution in [3.05, 3.63) is 29.8 Å². The number of carbonyl (C=O) groups is 2. The molecule has 0 unspecified atom stereocenters. The van der Waals surface area contributed by atoms with Gasteiger partial charge in [0.25, 0.3) is 0 Å². The molecule has 0 bridgehead atoms. The van der Waals surface area contributed by atoms with E-state index in [1.807, 2.05) is 9.80 Å². The molecule has 3 amide bonds. The molecule has 0 radical (unpaired) electrons. The lowest BCUT2D eigenvalue weighted by molar-refractivity contribution is 0.0781. The van der Waals surface area contributed by atoms with E-state index in [1.54, 1.807) is 11.8 Å². The van der Waals surface area contributed by atoms with Crippen LogP contribution >= 0.6 is 0 Å². The van der Waals surface area contributed by atoms with Crippen LogP contribution in [0.4, 0.5) is 15.3 Å². The molecule has 0 spiro atoms. The fourth-order valence-electron chi connectivity index (χ4n) is 3.48. The number of nitrogens with zero attached hydrogens (tertiary/aromatic N) is 4. The van der Waals surface area contributed by atoms with Crippen LogP contribution in [0.25, 0.3) is 0 Å². The highest BCUT2D eigenvalue weighted by Crippen LogP contribution is 2.18. The summed E-state index contributed by atoms with van der Waals surface area (Å²) in [6.45, 7) is 9.62. The Morgan fingerprint density at radius 1 is 0.923 bits per heavy atom. The molecule has 2 fully saturated rings. The minimum absolute atomic E-state index is 0.0809. The van der Waals surface area contributed by atoms with E-state index in [0.29, 0.717) is 32.8 Å². The fourth-order valence-corrected chi connectivity index (χ4v) is 3.48. The first-order valence-electron chi connectivity index (χ1n) is 9.35. The molecule has 1 aromatic carbocycles. The third kappa shape index (κ3) is 4.20. The van der Waals surface area contributed by atoms with Crippen LogP contribution in [-0.4, -0.2) is 85.8 Å². The minimum atomic E-state index is -0.286. The van der Waals surface area contributed by atoms with Crippen LogP contribution in [0.3, 0.4) is 0 Å². The van der Waals surface area contributed by atoms with Crippen LogP contribution in [0.1, 0.15) is 12.5 Å². The molecule has 26 heavy (non-hydrogen) atoms. The van der Waals surface area contributed by atoms with Gasteiger partial charge in [0.2, 0.25) is 0 Å². The van der Waals surface area contributed by atoms with E-state index in [9.17, 15) is 9.59 Å². The van der Waals surface area contributed by atoms with Crippen molar-refractivity contribution in [1.82, 2.24) is 14.7 Å². The lowest BCUT2D eigenvalue weighted by Gasteiger charge is -2.41. The highest BCUT2D eigenvalue weighted by molar-refractivity contribution is 5.75. The molecule has 0 saturated carbocycles. The van der Waals surface area contributed by atoms with Gasteiger partial charge in [0, 0.05) is 58.0 Å². The second kappa shape index (κ2) is 8.29. The van der Waals surface area contributed by atoms with Gasteiger partial charge in [-0.25, -0.2) is 9.59 Å². The first-order valence-corrected chi connectivity index (χ1v) is 9.35. The van der Waals surface area contributed by atoms with Crippen LogP contribution in [-0.2, 0) is 4.74 Å². The van der Waals surface area contributed by atoms with Gasteiger partial charge in [-0.2, -0.15) is 0 Å². The zero-order valence-electron chi connectivity index (χ0n) is 15.7. The van der Waals surface area contributed by atoms with Crippen LogP contribution in [0.5, 0.6) is 0 Å². The molecular formula is C19H28N4O3. The van der Waals surface area contributed by atoms with Gasteiger partial charge in [-0.3, -0.25) is 0 Å². The van der Waals surface area contributed by atoms with Crippen LogP contribution in [0, 0.1) is 6.92 Å². The van der Waals surface area contributed by atoms with Crippen LogP contribution < -0.4 is 4.90 Å². The molecule has 2 heterocycles. The van der Waals surface area contributed by atoms with Gasteiger partial charge in [0.15, 0.2) is 0 Å². The smallest absolute Gasteiger partial charge is 0.409 e. The molecule has 0 aromatic heterocycles. The topological polar surface area (TPSA) is 56.3 Å². The van der Waals surface area contributed by atoms with E-state index >= 15 is 0 Å². The number of hydrogen-bond acceptors (Lipinski definition) is 4. The molecule has 1 aromatic rings. The number of hydrogen-bond donors (Lipinski definition) is 0. The highest BCUT2D eigenvalue weighted by atomic mass is 16.6. The molecular weight excluding hydrogens is 332 g/mol. The molecule has 7 nitrogen and oxygen atoms in total. The van der Waals surface area contributed by atoms with Crippen molar-refractivity contribution < 1.29 is 14.3 Å². The normalized spacial score (nSPS) is 18.1. The first-order chi connectivity index (χ1) is 12.6. The predicted molar refractivity (Wildman–Crippen MR) is 101 cm³/mol. The predicted octanol–water partition coefficient (Wildman–Crippen LogP) is 2.01. The van der Waals surface area contributed by atoms with Crippen LogP contribution in [0.15, 0.2) is 24.3 Å². The molecule has 142 valence electrons. The Kier molecular flexibility index (Phi) is 5.85. The van der Waals surface area contributed by atoms with Crippen molar-refractivity contribution in [2.75, 3.05) is 63.9 Å².